The first kappa shape index (κ1) is 19.5. The predicted octanol–water partition coefficient (Wildman–Crippen LogP) is 2.44. The monoisotopic (exact) mass is 357 g/mol. The molecular weight excluding hydrogens is 334 g/mol. The Balaban J connectivity index is 1.88. The minimum atomic E-state index is -1.00. The van der Waals surface area contributed by atoms with Gasteiger partial charge in [0.1, 0.15) is 5.75 Å². The molecule has 0 saturated heterocycles. The van der Waals surface area contributed by atoms with Crippen LogP contribution in [0.1, 0.15) is 27.0 Å². The van der Waals surface area contributed by atoms with Crippen molar-refractivity contribution in [3.63, 3.8) is 0 Å². The van der Waals surface area contributed by atoms with Crippen LogP contribution in [0.4, 0.5) is 0 Å². The smallest absolute Gasteiger partial charge is 0.335 e. The summed E-state index contributed by atoms with van der Waals surface area (Å²) in [5.41, 5.74) is 2.98. The fourth-order valence-corrected chi connectivity index (χ4v) is 2.66. The zero-order valence-electron chi connectivity index (χ0n) is 15.0. The number of hydrogen-bond acceptors (Lipinski definition) is 4. The van der Waals surface area contributed by atoms with Crippen LogP contribution in [0.3, 0.4) is 0 Å². The van der Waals surface area contributed by atoms with E-state index in [0.29, 0.717) is 31.7 Å². The summed E-state index contributed by atoms with van der Waals surface area (Å²) in [6.07, 6.45) is 0.852. The molecule has 0 aliphatic heterocycles. The van der Waals surface area contributed by atoms with E-state index in [1.807, 2.05) is 24.3 Å². The van der Waals surface area contributed by atoms with Gasteiger partial charge in [-0.3, -0.25) is 4.79 Å². The molecule has 0 heterocycles. The van der Waals surface area contributed by atoms with Crippen molar-refractivity contribution in [1.82, 2.24) is 5.32 Å². The maximum Gasteiger partial charge on any atom is 0.335 e. The number of carbonyl (C=O) groups is 2. The molecule has 0 unspecified atom stereocenters. The Kier molecular flexibility index (Phi) is 7.17. The fraction of sp³-hybridized carbons (Fsp3) is 0.300. The van der Waals surface area contributed by atoms with Gasteiger partial charge in [0.25, 0.3) is 0 Å². The molecule has 26 heavy (non-hydrogen) atoms. The molecule has 0 spiro atoms. The number of carbonyl (C=O) groups excluding carboxylic acids is 1. The molecule has 1 amide bonds. The van der Waals surface area contributed by atoms with Crippen molar-refractivity contribution in [3.8, 4) is 5.75 Å². The third-order valence-corrected chi connectivity index (χ3v) is 3.92. The van der Waals surface area contributed by atoms with E-state index in [2.05, 4.69) is 5.32 Å². The summed E-state index contributed by atoms with van der Waals surface area (Å²) >= 11 is 0. The molecule has 0 bridgehead atoms. The van der Waals surface area contributed by atoms with Gasteiger partial charge in [-0.2, -0.15) is 0 Å². The minimum Gasteiger partial charge on any atom is -0.496 e. The van der Waals surface area contributed by atoms with Crippen LogP contribution in [-0.2, 0) is 29.0 Å². The molecular formula is C20H23NO5. The van der Waals surface area contributed by atoms with E-state index < -0.39 is 5.97 Å². The highest BCUT2D eigenvalue weighted by atomic mass is 16.5. The summed E-state index contributed by atoms with van der Waals surface area (Å²) in [5.74, 6) is -0.564. The largest absolute Gasteiger partial charge is 0.496 e. The van der Waals surface area contributed by atoms with E-state index in [0.717, 1.165) is 16.7 Å². The number of nitrogens with one attached hydrogen (secondary N) is 1. The maximum atomic E-state index is 12.1. The van der Waals surface area contributed by atoms with Crippen LogP contribution < -0.4 is 10.1 Å². The van der Waals surface area contributed by atoms with Gasteiger partial charge in [0.05, 0.1) is 25.7 Å². The molecule has 0 aromatic heterocycles. The van der Waals surface area contributed by atoms with Crippen LogP contribution in [0.5, 0.6) is 5.75 Å². The summed E-state index contributed by atoms with van der Waals surface area (Å²) in [4.78, 5) is 23.1. The molecule has 138 valence electrons. The first-order valence-electron chi connectivity index (χ1n) is 8.27. The number of carboxylic acid groups (broad SMARTS) is 1. The first-order chi connectivity index (χ1) is 12.5. The fourth-order valence-electron chi connectivity index (χ4n) is 2.66. The van der Waals surface area contributed by atoms with Gasteiger partial charge in [0, 0.05) is 13.7 Å². The van der Waals surface area contributed by atoms with E-state index in [-0.39, 0.29) is 11.5 Å². The lowest BCUT2D eigenvalue weighted by Crippen LogP contribution is -2.27. The van der Waals surface area contributed by atoms with Crippen molar-refractivity contribution in [2.45, 2.75) is 19.4 Å². The molecule has 0 aliphatic rings. The number of methoxy groups -OCH3 is 2. The number of hydrogen-bond donors (Lipinski definition) is 2. The lowest BCUT2D eigenvalue weighted by atomic mass is 10.1. The molecule has 2 aromatic carbocycles. The normalized spacial score (nSPS) is 10.4. The second kappa shape index (κ2) is 9.58. The highest BCUT2D eigenvalue weighted by molar-refractivity contribution is 5.88. The van der Waals surface area contributed by atoms with Crippen LogP contribution in [0.15, 0.2) is 42.5 Å². The van der Waals surface area contributed by atoms with Crippen LogP contribution >= 0.6 is 0 Å². The van der Waals surface area contributed by atoms with Crippen molar-refractivity contribution < 1.29 is 24.2 Å². The first-order valence-corrected chi connectivity index (χ1v) is 8.27. The molecule has 2 rings (SSSR count). The third kappa shape index (κ3) is 5.60. The van der Waals surface area contributed by atoms with Gasteiger partial charge in [-0.05, 0) is 35.2 Å². The van der Waals surface area contributed by atoms with Crippen molar-refractivity contribution in [1.29, 1.82) is 0 Å². The van der Waals surface area contributed by atoms with E-state index in [9.17, 15) is 9.59 Å². The molecule has 0 saturated carbocycles. The van der Waals surface area contributed by atoms with Gasteiger partial charge in [-0.25, -0.2) is 4.79 Å². The Hall–Kier alpha value is -2.86. The molecule has 0 aliphatic carbocycles. The number of aromatic carboxylic acids is 1. The number of amides is 1. The van der Waals surface area contributed by atoms with Gasteiger partial charge in [0.15, 0.2) is 0 Å². The lowest BCUT2D eigenvalue weighted by Gasteiger charge is -2.10. The predicted molar refractivity (Wildman–Crippen MR) is 97.5 cm³/mol. The summed E-state index contributed by atoms with van der Waals surface area (Å²) in [7, 11) is 3.13. The number of rotatable bonds is 9. The molecule has 0 fully saturated rings. The Morgan fingerprint density at radius 1 is 1.08 bits per heavy atom. The molecule has 0 radical (unpaired) electrons. The van der Waals surface area contributed by atoms with Crippen molar-refractivity contribution in [2.24, 2.45) is 0 Å². The van der Waals surface area contributed by atoms with Gasteiger partial charge in [0.2, 0.25) is 5.91 Å². The quantitative estimate of drug-likeness (QED) is 0.720. The van der Waals surface area contributed by atoms with Crippen molar-refractivity contribution >= 4 is 11.9 Å². The molecule has 6 heteroatoms. The average molecular weight is 357 g/mol. The second-order valence-electron chi connectivity index (χ2n) is 5.86. The van der Waals surface area contributed by atoms with E-state index in [4.69, 9.17) is 14.6 Å². The third-order valence-electron chi connectivity index (χ3n) is 3.92. The van der Waals surface area contributed by atoms with Gasteiger partial charge in [-0.1, -0.05) is 30.3 Å². The van der Waals surface area contributed by atoms with Crippen LogP contribution in [-0.4, -0.2) is 37.7 Å². The topological polar surface area (TPSA) is 84.9 Å². The van der Waals surface area contributed by atoms with E-state index in [1.165, 1.54) is 19.2 Å². The lowest BCUT2D eigenvalue weighted by molar-refractivity contribution is -0.120. The summed E-state index contributed by atoms with van der Waals surface area (Å²) in [5, 5.41) is 11.9. The Labute approximate surface area is 152 Å². The number of benzene rings is 2. The Bertz CT molecular complexity index is 773. The highest BCUT2D eigenvalue weighted by Gasteiger charge is 2.10. The SMILES string of the molecule is COCc1cccc(CC(=O)NCCc2ccc(C(=O)O)cc2OC)c1. The van der Waals surface area contributed by atoms with Crippen molar-refractivity contribution in [3.05, 3.63) is 64.7 Å². The number of carboxylic acids is 1. The maximum absolute atomic E-state index is 12.1. The summed E-state index contributed by atoms with van der Waals surface area (Å²) in [6, 6.07) is 12.5. The minimum absolute atomic E-state index is 0.0688. The Morgan fingerprint density at radius 2 is 1.85 bits per heavy atom. The molecule has 6 nitrogen and oxygen atoms in total. The Morgan fingerprint density at radius 3 is 2.54 bits per heavy atom. The van der Waals surface area contributed by atoms with E-state index in [1.54, 1.807) is 13.2 Å². The van der Waals surface area contributed by atoms with Crippen molar-refractivity contribution in [2.75, 3.05) is 20.8 Å². The standard InChI is InChI=1S/C20H23NO5/c1-25-13-15-5-3-4-14(10-15)11-19(22)21-9-8-16-6-7-17(20(23)24)12-18(16)26-2/h3-7,10,12H,8-9,11,13H2,1-2H3,(H,21,22)(H,23,24). The van der Waals surface area contributed by atoms with Crippen LogP contribution in [0.25, 0.3) is 0 Å². The van der Waals surface area contributed by atoms with Crippen LogP contribution in [0.2, 0.25) is 0 Å². The summed E-state index contributed by atoms with van der Waals surface area (Å²) in [6.45, 7) is 0.959. The van der Waals surface area contributed by atoms with Gasteiger partial charge >= 0.3 is 5.97 Å². The van der Waals surface area contributed by atoms with Gasteiger partial charge < -0.3 is 19.9 Å². The molecule has 2 N–H and O–H groups in total. The van der Waals surface area contributed by atoms with Crippen LogP contribution in [0, 0.1) is 0 Å². The zero-order valence-corrected chi connectivity index (χ0v) is 15.0. The highest BCUT2D eigenvalue weighted by Crippen LogP contribution is 2.20. The van der Waals surface area contributed by atoms with E-state index >= 15 is 0 Å². The molecule has 0 atom stereocenters. The summed E-state index contributed by atoms with van der Waals surface area (Å²) < 4.78 is 10.3. The average Bonchev–Trinajstić information content (AvgIpc) is 2.62. The molecule has 2 aromatic rings. The van der Waals surface area contributed by atoms with Gasteiger partial charge in [-0.15, -0.1) is 0 Å². The second-order valence-corrected chi connectivity index (χ2v) is 5.86. The number of ether oxygens (including phenoxy) is 2. The zero-order chi connectivity index (χ0) is 18.9.